The summed E-state index contributed by atoms with van der Waals surface area (Å²) >= 11 is -2.32. The maximum atomic E-state index is 12.9. The van der Waals surface area contributed by atoms with Gasteiger partial charge in [0.25, 0.3) is 5.91 Å². The molecule has 1 fully saturated rings. The second kappa shape index (κ2) is 11.9. The van der Waals surface area contributed by atoms with Gasteiger partial charge in [-0.3, -0.25) is 14.1 Å². The molecule has 1 aliphatic rings. The molecule has 1 aliphatic carbocycles. The van der Waals surface area contributed by atoms with Crippen LogP contribution in [0.1, 0.15) is 65.2 Å². The first kappa shape index (κ1) is 27.4. The predicted molar refractivity (Wildman–Crippen MR) is 141 cm³/mol. The second-order valence-corrected chi connectivity index (χ2v) is 10.5. The van der Waals surface area contributed by atoms with E-state index in [0.717, 1.165) is 29.5 Å². The number of nitrogens with zero attached hydrogens (tertiary/aromatic N) is 3. The van der Waals surface area contributed by atoms with Gasteiger partial charge in [0.15, 0.2) is 0 Å². The van der Waals surface area contributed by atoms with Gasteiger partial charge in [0.1, 0.15) is 5.76 Å². The highest BCUT2D eigenvalue weighted by Crippen LogP contribution is 2.44. The molecule has 2 aromatic heterocycles. The van der Waals surface area contributed by atoms with Crippen LogP contribution in [0.25, 0.3) is 22.4 Å². The Bertz CT molecular complexity index is 1410. The Kier molecular flexibility index (Phi) is 8.56. The van der Waals surface area contributed by atoms with Crippen molar-refractivity contribution < 1.29 is 27.9 Å². The first-order chi connectivity index (χ1) is 18.2. The van der Waals surface area contributed by atoms with Gasteiger partial charge >= 0.3 is 5.97 Å². The number of carbonyl (C=O) groups excluding carboxylic acids is 1. The highest BCUT2D eigenvalue weighted by Gasteiger charge is 2.31. The largest absolute Gasteiger partial charge is 0.481 e. The molecule has 0 radical (unpaired) electrons. The molecule has 1 aromatic carbocycles. The number of carboxylic acids is 1. The first-order valence-electron chi connectivity index (χ1n) is 12.4. The van der Waals surface area contributed by atoms with Crippen molar-refractivity contribution in [2.24, 2.45) is 5.92 Å². The Morgan fingerprint density at radius 2 is 2.03 bits per heavy atom. The Balaban J connectivity index is 1.68. The molecule has 1 saturated carbocycles. The number of hydrogen-bond donors (Lipinski definition) is 3. The van der Waals surface area contributed by atoms with Crippen molar-refractivity contribution in [1.82, 2.24) is 14.6 Å². The number of carboxylic acid groups (broad SMARTS) is 1. The van der Waals surface area contributed by atoms with Crippen LogP contribution in [0, 0.1) is 24.2 Å². The Morgan fingerprint density at radius 1 is 1.32 bits per heavy atom. The molecular formula is C27H30N4O6S. The van der Waals surface area contributed by atoms with Crippen LogP contribution in [0.15, 0.2) is 34.7 Å². The Labute approximate surface area is 223 Å². The topological polar surface area (TPSA) is 157 Å². The summed E-state index contributed by atoms with van der Waals surface area (Å²) in [5, 5.41) is 21.4. The molecular weight excluding hydrogens is 508 g/mol. The minimum absolute atomic E-state index is 0.0523. The maximum Gasteiger partial charge on any atom is 0.307 e. The molecule has 11 heteroatoms. The zero-order valence-corrected chi connectivity index (χ0v) is 22.1. The fraction of sp³-hybridized carbons (Fsp3) is 0.407. The summed E-state index contributed by atoms with van der Waals surface area (Å²) in [6.07, 6.45) is 2.33. The van der Waals surface area contributed by atoms with Gasteiger partial charge in [-0.05, 0) is 50.2 Å². The lowest BCUT2D eigenvalue weighted by molar-refractivity contribution is -0.141. The summed E-state index contributed by atoms with van der Waals surface area (Å²) in [4.78, 5) is 29.0. The molecule has 0 saturated heterocycles. The average molecular weight is 539 g/mol. The van der Waals surface area contributed by atoms with Crippen LogP contribution in [0.4, 0.5) is 0 Å². The molecule has 2 unspecified atom stereocenters. The summed E-state index contributed by atoms with van der Waals surface area (Å²) in [6, 6.07) is 11.4. The summed E-state index contributed by atoms with van der Waals surface area (Å²) in [5.74, 6) is -1.53. The van der Waals surface area contributed by atoms with Gasteiger partial charge in [0, 0.05) is 25.6 Å². The summed E-state index contributed by atoms with van der Waals surface area (Å²) in [6.45, 7) is 2.18. The number of amides is 1. The van der Waals surface area contributed by atoms with Crippen LogP contribution in [0.5, 0.6) is 0 Å². The van der Waals surface area contributed by atoms with Crippen molar-refractivity contribution in [3.05, 3.63) is 52.7 Å². The number of hydrogen-bond acceptors (Lipinski definition) is 6. The Morgan fingerprint density at radius 3 is 2.61 bits per heavy atom. The number of carbonyl (C=O) groups is 2. The number of fused-ring (bicyclic) bond motifs is 1. The van der Waals surface area contributed by atoms with E-state index in [1.54, 1.807) is 7.05 Å². The summed E-state index contributed by atoms with van der Waals surface area (Å²) in [5.41, 5.74) is 3.96. The molecule has 0 bridgehead atoms. The molecule has 10 nitrogen and oxygen atoms in total. The van der Waals surface area contributed by atoms with Gasteiger partial charge < -0.3 is 14.8 Å². The molecule has 38 heavy (non-hydrogen) atoms. The van der Waals surface area contributed by atoms with Crippen LogP contribution < -0.4 is 5.32 Å². The van der Waals surface area contributed by atoms with Gasteiger partial charge in [-0.2, -0.15) is 9.57 Å². The van der Waals surface area contributed by atoms with E-state index >= 15 is 0 Å². The van der Waals surface area contributed by atoms with E-state index in [0.29, 0.717) is 28.8 Å². The third-order valence-electron chi connectivity index (χ3n) is 6.77. The fourth-order valence-electron chi connectivity index (χ4n) is 4.52. The van der Waals surface area contributed by atoms with Gasteiger partial charge in [0.2, 0.25) is 17.0 Å². The van der Waals surface area contributed by atoms with Crippen molar-refractivity contribution in [3.63, 3.8) is 0 Å². The first-order valence-corrected chi connectivity index (χ1v) is 13.5. The van der Waals surface area contributed by atoms with Crippen LogP contribution in [0.3, 0.4) is 0 Å². The molecule has 3 N–H and O–H groups in total. The lowest BCUT2D eigenvalue weighted by Gasteiger charge is -2.19. The van der Waals surface area contributed by atoms with Crippen molar-refractivity contribution in [2.45, 2.75) is 51.5 Å². The number of nitriles is 1. The highest BCUT2D eigenvalue weighted by atomic mass is 32.2. The van der Waals surface area contributed by atoms with Crippen molar-refractivity contribution >= 4 is 34.2 Å². The van der Waals surface area contributed by atoms with E-state index in [1.807, 2.05) is 43.3 Å². The lowest BCUT2D eigenvalue weighted by atomic mass is 10.0. The zero-order chi connectivity index (χ0) is 27.4. The molecule has 3 aromatic rings. The number of nitrogens with one attached hydrogen (secondary N) is 1. The molecule has 0 spiro atoms. The van der Waals surface area contributed by atoms with Gasteiger partial charge in [-0.25, -0.2) is 9.19 Å². The smallest absolute Gasteiger partial charge is 0.307 e. The number of pyridine rings is 1. The number of aryl methyl sites for hydroxylation is 1. The van der Waals surface area contributed by atoms with E-state index in [4.69, 9.17) is 14.7 Å². The highest BCUT2D eigenvalue weighted by molar-refractivity contribution is 7.76. The van der Waals surface area contributed by atoms with Crippen LogP contribution in [-0.2, 0) is 22.6 Å². The number of aromatic nitrogens is 1. The van der Waals surface area contributed by atoms with Crippen LogP contribution in [-0.4, -0.2) is 48.6 Å². The van der Waals surface area contributed by atoms with Crippen molar-refractivity contribution in [3.8, 4) is 17.4 Å². The maximum absolute atomic E-state index is 12.9. The molecule has 200 valence electrons. The van der Waals surface area contributed by atoms with Crippen LogP contribution in [0.2, 0.25) is 0 Å². The SMILES string of the molecule is CNC(=O)c1c(-c2ccc(C)cc2)oc2nc(CN(CCCC(CC#N)C(=O)O)S(=O)O)c(C3CC3)cc12. The monoisotopic (exact) mass is 538 g/mol. The predicted octanol–water partition coefficient (Wildman–Crippen LogP) is 4.37. The van der Waals surface area contributed by atoms with Crippen molar-refractivity contribution in [1.29, 1.82) is 5.26 Å². The quantitative estimate of drug-likeness (QED) is 0.287. The summed E-state index contributed by atoms with van der Waals surface area (Å²) < 4.78 is 29.6. The van der Waals surface area contributed by atoms with Gasteiger partial charge in [-0.1, -0.05) is 29.8 Å². The fourth-order valence-corrected chi connectivity index (χ4v) is 5.04. The number of benzene rings is 1. The normalized spacial score (nSPS) is 14.8. The second-order valence-electron chi connectivity index (χ2n) is 9.54. The van der Waals surface area contributed by atoms with Crippen molar-refractivity contribution in [2.75, 3.05) is 13.6 Å². The molecule has 4 rings (SSSR count). The molecule has 0 aliphatic heterocycles. The lowest BCUT2D eigenvalue weighted by Crippen LogP contribution is -2.28. The van der Waals surface area contributed by atoms with E-state index in [1.165, 1.54) is 4.31 Å². The molecule has 1 amide bonds. The van der Waals surface area contributed by atoms with E-state index in [2.05, 4.69) is 5.32 Å². The zero-order valence-electron chi connectivity index (χ0n) is 21.3. The minimum Gasteiger partial charge on any atom is -0.481 e. The molecule has 2 atom stereocenters. The van der Waals surface area contributed by atoms with E-state index in [9.17, 15) is 23.5 Å². The van der Waals surface area contributed by atoms with Gasteiger partial charge in [0.05, 0.1) is 35.2 Å². The minimum atomic E-state index is -2.32. The third-order valence-corrected chi connectivity index (χ3v) is 7.53. The standard InChI is InChI=1S/C27H30N4O6S/c1-16-5-7-18(8-6-16)24-23(25(32)29-2)21-14-20(17-9-10-17)22(30-26(21)37-24)15-31(38(35)36)13-3-4-19(11-12-28)27(33)34/h5-8,14,17,19H,3-4,9-11,13,15H2,1-2H3,(H,29,32)(H,33,34)(H,35,36). The number of aliphatic carboxylic acids is 1. The summed E-state index contributed by atoms with van der Waals surface area (Å²) in [7, 11) is 1.56. The Hall–Kier alpha value is -3.59. The molecule has 2 heterocycles. The van der Waals surface area contributed by atoms with Gasteiger partial charge in [-0.15, -0.1) is 0 Å². The van der Waals surface area contributed by atoms with Crippen LogP contribution >= 0.6 is 0 Å². The van der Waals surface area contributed by atoms with E-state index < -0.39 is 23.2 Å². The average Bonchev–Trinajstić information content (AvgIpc) is 3.67. The third kappa shape index (κ3) is 6.10. The number of furan rings is 1. The van der Waals surface area contributed by atoms with E-state index in [-0.39, 0.29) is 43.5 Å². The number of rotatable bonds is 12.